The molecule has 0 aliphatic heterocycles. The Morgan fingerprint density at radius 2 is 2.19 bits per heavy atom. The van der Waals surface area contributed by atoms with E-state index in [4.69, 9.17) is 0 Å². The lowest BCUT2D eigenvalue weighted by molar-refractivity contribution is 0.475. The van der Waals surface area contributed by atoms with E-state index in [1.807, 2.05) is 12.1 Å². The van der Waals surface area contributed by atoms with E-state index in [-0.39, 0.29) is 5.75 Å². The Hall–Kier alpha value is -1.90. The minimum absolute atomic E-state index is 0.288. The van der Waals surface area contributed by atoms with Crippen molar-refractivity contribution < 1.29 is 5.11 Å². The SMILES string of the molecule is CCn1ccc(CNc2cccc(O)c2)c1. The van der Waals surface area contributed by atoms with E-state index < -0.39 is 0 Å². The Morgan fingerprint density at radius 1 is 1.31 bits per heavy atom. The van der Waals surface area contributed by atoms with Gasteiger partial charge in [-0.15, -0.1) is 0 Å². The highest BCUT2D eigenvalue weighted by molar-refractivity contribution is 5.47. The number of hydrogen-bond acceptors (Lipinski definition) is 2. The van der Waals surface area contributed by atoms with E-state index in [1.165, 1.54) is 5.56 Å². The van der Waals surface area contributed by atoms with Gasteiger partial charge in [0, 0.05) is 37.2 Å². The van der Waals surface area contributed by atoms with Gasteiger partial charge in [-0.05, 0) is 30.7 Å². The number of nitrogens with one attached hydrogen (secondary N) is 1. The molecule has 2 rings (SSSR count). The Morgan fingerprint density at radius 3 is 2.88 bits per heavy atom. The molecule has 0 bridgehead atoms. The molecule has 0 saturated heterocycles. The molecule has 3 heteroatoms. The minimum Gasteiger partial charge on any atom is -0.508 e. The van der Waals surface area contributed by atoms with Crippen molar-refractivity contribution in [2.45, 2.75) is 20.0 Å². The van der Waals surface area contributed by atoms with Crippen molar-refractivity contribution in [2.75, 3.05) is 5.32 Å². The van der Waals surface area contributed by atoms with Gasteiger partial charge in [0.1, 0.15) is 5.75 Å². The molecule has 0 unspecified atom stereocenters. The van der Waals surface area contributed by atoms with Crippen molar-refractivity contribution in [1.82, 2.24) is 4.57 Å². The first kappa shape index (κ1) is 10.6. The van der Waals surface area contributed by atoms with Crippen LogP contribution >= 0.6 is 0 Å². The molecule has 0 spiro atoms. The maximum absolute atomic E-state index is 9.31. The molecule has 0 aliphatic rings. The Kier molecular flexibility index (Phi) is 3.15. The van der Waals surface area contributed by atoms with Crippen LogP contribution in [0.15, 0.2) is 42.7 Å². The van der Waals surface area contributed by atoms with E-state index >= 15 is 0 Å². The molecule has 16 heavy (non-hydrogen) atoms. The third-order valence-corrected chi connectivity index (χ3v) is 2.52. The lowest BCUT2D eigenvalue weighted by Gasteiger charge is -2.05. The van der Waals surface area contributed by atoms with Gasteiger partial charge >= 0.3 is 0 Å². The molecule has 0 atom stereocenters. The summed E-state index contributed by atoms with van der Waals surface area (Å²) in [5.41, 5.74) is 2.18. The van der Waals surface area contributed by atoms with Crippen LogP contribution in [0.25, 0.3) is 0 Å². The van der Waals surface area contributed by atoms with Gasteiger partial charge in [-0.25, -0.2) is 0 Å². The molecule has 84 valence electrons. The number of aromatic hydroxyl groups is 1. The monoisotopic (exact) mass is 216 g/mol. The number of aryl methyl sites for hydroxylation is 1. The number of anilines is 1. The van der Waals surface area contributed by atoms with Gasteiger partial charge in [0.2, 0.25) is 0 Å². The minimum atomic E-state index is 0.288. The molecule has 1 aromatic carbocycles. The van der Waals surface area contributed by atoms with Crippen LogP contribution in [0.1, 0.15) is 12.5 Å². The number of phenols is 1. The molecule has 2 aromatic rings. The number of hydrogen-bond donors (Lipinski definition) is 2. The summed E-state index contributed by atoms with van der Waals surface area (Å²) in [5.74, 6) is 0.288. The molecule has 1 aromatic heterocycles. The first-order valence-corrected chi connectivity index (χ1v) is 5.45. The van der Waals surface area contributed by atoms with Crippen LogP contribution in [-0.4, -0.2) is 9.67 Å². The predicted molar refractivity (Wildman–Crippen MR) is 65.5 cm³/mol. The lowest BCUT2D eigenvalue weighted by atomic mass is 10.3. The van der Waals surface area contributed by atoms with Gasteiger partial charge < -0.3 is 15.0 Å². The molecule has 0 aliphatic carbocycles. The van der Waals surface area contributed by atoms with Crippen LogP contribution in [0.3, 0.4) is 0 Å². The number of nitrogens with zero attached hydrogens (tertiary/aromatic N) is 1. The van der Waals surface area contributed by atoms with Crippen molar-refractivity contribution in [3.05, 3.63) is 48.3 Å². The van der Waals surface area contributed by atoms with Gasteiger partial charge in [-0.3, -0.25) is 0 Å². The summed E-state index contributed by atoms with van der Waals surface area (Å²) in [5, 5.41) is 12.6. The van der Waals surface area contributed by atoms with E-state index in [0.717, 1.165) is 18.8 Å². The van der Waals surface area contributed by atoms with Gasteiger partial charge in [0.25, 0.3) is 0 Å². The summed E-state index contributed by atoms with van der Waals surface area (Å²) < 4.78 is 2.14. The van der Waals surface area contributed by atoms with Gasteiger partial charge in [0.05, 0.1) is 0 Å². The van der Waals surface area contributed by atoms with Crippen LogP contribution in [0.4, 0.5) is 5.69 Å². The summed E-state index contributed by atoms with van der Waals surface area (Å²) in [6, 6.07) is 9.25. The lowest BCUT2D eigenvalue weighted by Crippen LogP contribution is -1.98. The second-order valence-electron chi connectivity index (χ2n) is 3.75. The largest absolute Gasteiger partial charge is 0.508 e. The zero-order chi connectivity index (χ0) is 11.4. The second-order valence-corrected chi connectivity index (χ2v) is 3.75. The summed E-state index contributed by atoms with van der Waals surface area (Å²) >= 11 is 0. The standard InChI is InChI=1S/C13H16N2O/c1-2-15-7-6-11(10-15)9-14-12-4-3-5-13(16)8-12/h3-8,10,14,16H,2,9H2,1H3. The van der Waals surface area contributed by atoms with E-state index in [1.54, 1.807) is 12.1 Å². The van der Waals surface area contributed by atoms with Gasteiger partial charge in [-0.1, -0.05) is 6.07 Å². The fourth-order valence-corrected chi connectivity index (χ4v) is 1.61. The highest BCUT2D eigenvalue weighted by Gasteiger charge is 1.97. The number of aromatic nitrogens is 1. The Balaban J connectivity index is 1.96. The molecular weight excluding hydrogens is 200 g/mol. The Labute approximate surface area is 95.3 Å². The van der Waals surface area contributed by atoms with Crippen molar-refractivity contribution in [3.8, 4) is 5.75 Å². The fourth-order valence-electron chi connectivity index (χ4n) is 1.61. The van der Waals surface area contributed by atoms with Crippen LogP contribution in [0.2, 0.25) is 0 Å². The summed E-state index contributed by atoms with van der Waals surface area (Å²) in [6.07, 6.45) is 4.19. The van der Waals surface area contributed by atoms with Crippen LogP contribution < -0.4 is 5.32 Å². The molecule has 3 nitrogen and oxygen atoms in total. The van der Waals surface area contributed by atoms with Gasteiger partial charge in [-0.2, -0.15) is 0 Å². The smallest absolute Gasteiger partial charge is 0.117 e. The fraction of sp³-hybridized carbons (Fsp3) is 0.231. The Bertz CT molecular complexity index is 462. The molecule has 1 heterocycles. The van der Waals surface area contributed by atoms with E-state index in [9.17, 15) is 5.11 Å². The second kappa shape index (κ2) is 4.75. The van der Waals surface area contributed by atoms with Crippen LogP contribution in [0.5, 0.6) is 5.75 Å². The molecule has 0 radical (unpaired) electrons. The highest BCUT2D eigenvalue weighted by atomic mass is 16.3. The van der Waals surface area contributed by atoms with E-state index in [0.29, 0.717) is 0 Å². The molecule has 0 fully saturated rings. The number of benzene rings is 1. The molecule has 2 N–H and O–H groups in total. The number of phenolic OH excluding ortho intramolecular Hbond substituents is 1. The summed E-state index contributed by atoms with van der Waals surface area (Å²) in [6.45, 7) is 3.88. The average Bonchev–Trinajstić information content (AvgIpc) is 2.74. The summed E-state index contributed by atoms with van der Waals surface area (Å²) in [7, 11) is 0. The third-order valence-electron chi connectivity index (χ3n) is 2.52. The molecular formula is C13H16N2O. The van der Waals surface area contributed by atoms with Gasteiger partial charge in [0.15, 0.2) is 0 Å². The quantitative estimate of drug-likeness (QED) is 0.824. The zero-order valence-electron chi connectivity index (χ0n) is 9.35. The van der Waals surface area contributed by atoms with Crippen molar-refractivity contribution in [1.29, 1.82) is 0 Å². The third kappa shape index (κ3) is 2.57. The predicted octanol–water partition coefficient (Wildman–Crippen LogP) is 2.83. The van der Waals surface area contributed by atoms with Crippen molar-refractivity contribution in [3.63, 3.8) is 0 Å². The maximum Gasteiger partial charge on any atom is 0.117 e. The van der Waals surface area contributed by atoms with Crippen molar-refractivity contribution >= 4 is 5.69 Å². The van der Waals surface area contributed by atoms with Crippen LogP contribution in [0, 0.1) is 0 Å². The molecule has 0 amide bonds. The van der Waals surface area contributed by atoms with Crippen molar-refractivity contribution in [2.24, 2.45) is 0 Å². The van der Waals surface area contributed by atoms with E-state index in [2.05, 4.69) is 35.3 Å². The maximum atomic E-state index is 9.31. The molecule has 0 saturated carbocycles. The topological polar surface area (TPSA) is 37.2 Å². The highest BCUT2D eigenvalue weighted by Crippen LogP contribution is 2.16. The zero-order valence-corrected chi connectivity index (χ0v) is 9.35. The number of rotatable bonds is 4. The van der Waals surface area contributed by atoms with Crippen LogP contribution in [-0.2, 0) is 13.1 Å². The first-order valence-electron chi connectivity index (χ1n) is 5.45. The first-order chi connectivity index (χ1) is 7.78. The summed E-state index contributed by atoms with van der Waals surface area (Å²) in [4.78, 5) is 0. The normalized spacial score (nSPS) is 10.3. The average molecular weight is 216 g/mol.